The van der Waals surface area contributed by atoms with E-state index in [0.29, 0.717) is 25.2 Å². The summed E-state index contributed by atoms with van der Waals surface area (Å²) < 4.78 is 1.83. The Kier molecular flexibility index (Phi) is 10.5. The molecule has 27 heavy (non-hydrogen) atoms. The Morgan fingerprint density at radius 2 is 2.00 bits per heavy atom. The van der Waals surface area contributed by atoms with Crippen molar-refractivity contribution in [1.82, 2.24) is 25.7 Å². The number of rotatable bonds is 8. The zero-order valence-corrected chi connectivity index (χ0v) is 18.5. The van der Waals surface area contributed by atoms with Gasteiger partial charge in [0.15, 0.2) is 5.96 Å². The van der Waals surface area contributed by atoms with Gasteiger partial charge >= 0.3 is 0 Å². The zero-order chi connectivity index (χ0) is 18.8. The molecule has 2 rings (SSSR count). The van der Waals surface area contributed by atoms with Gasteiger partial charge in [-0.2, -0.15) is 5.10 Å². The maximum atomic E-state index is 12.1. The first-order valence-corrected chi connectivity index (χ1v) is 9.00. The summed E-state index contributed by atoms with van der Waals surface area (Å²) in [4.78, 5) is 16.7. The number of benzene rings is 1. The molecule has 0 bridgehead atoms. The van der Waals surface area contributed by atoms with Crippen LogP contribution in [0.3, 0.4) is 0 Å². The minimum atomic E-state index is -0.0427. The molecule has 3 N–H and O–H groups in total. The molecule has 0 radical (unpaired) electrons. The Balaban J connectivity index is 0.00000364. The van der Waals surface area contributed by atoms with Crippen LogP contribution in [0.2, 0.25) is 0 Å². The van der Waals surface area contributed by atoms with Gasteiger partial charge in [-0.25, -0.2) is 4.99 Å². The van der Waals surface area contributed by atoms with Crippen molar-refractivity contribution >= 4 is 35.8 Å². The second kappa shape index (κ2) is 12.3. The van der Waals surface area contributed by atoms with E-state index in [0.717, 1.165) is 30.2 Å². The van der Waals surface area contributed by atoms with Gasteiger partial charge in [-0.1, -0.05) is 19.1 Å². The van der Waals surface area contributed by atoms with E-state index in [2.05, 4.69) is 26.0 Å². The summed E-state index contributed by atoms with van der Waals surface area (Å²) in [6.45, 7) is 6.66. The molecule has 8 heteroatoms. The number of aryl methyl sites for hydroxylation is 1. The number of aliphatic imine (C=N–C) groups is 1. The van der Waals surface area contributed by atoms with Gasteiger partial charge in [-0.15, -0.1) is 24.0 Å². The largest absolute Gasteiger partial charge is 0.357 e. The number of hydrogen-bond acceptors (Lipinski definition) is 3. The lowest BCUT2D eigenvalue weighted by molar-refractivity contribution is 0.0953. The number of hydrogen-bond donors (Lipinski definition) is 3. The first kappa shape index (κ1) is 22.9. The van der Waals surface area contributed by atoms with Gasteiger partial charge in [-0.05, 0) is 37.1 Å². The van der Waals surface area contributed by atoms with Gasteiger partial charge in [0.25, 0.3) is 5.91 Å². The van der Waals surface area contributed by atoms with E-state index in [1.165, 1.54) is 0 Å². The summed E-state index contributed by atoms with van der Waals surface area (Å²) in [5, 5.41) is 13.6. The van der Waals surface area contributed by atoms with E-state index in [4.69, 9.17) is 0 Å². The van der Waals surface area contributed by atoms with Crippen LogP contribution in [0.5, 0.6) is 0 Å². The van der Waals surface area contributed by atoms with Gasteiger partial charge in [0.2, 0.25) is 0 Å². The molecule has 1 heterocycles. The van der Waals surface area contributed by atoms with Gasteiger partial charge in [0, 0.05) is 31.9 Å². The minimum Gasteiger partial charge on any atom is -0.357 e. The number of aromatic nitrogens is 2. The Hall–Kier alpha value is -2.10. The molecule has 1 aromatic carbocycles. The lowest BCUT2D eigenvalue weighted by atomic mass is 10.1. The van der Waals surface area contributed by atoms with Crippen molar-refractivity contribution in [3.05, 3.63) is 53.3 Å². The zero-order valence-electron chi connectivity index (χ0n) is 16.2. The first-order valence-electron chi connectivity index (χ1n) is 9.00. The van der Waals surface area contributed by atoms with Crippen LogP contribution in [0.4, 0.5) is 0 Å². The second-order valence-electron chi connectivity index (χ2n) is 5.95. The van der Waals surface area contributed by atoms with Crippen LogP contribution in [0.25, 0.3) is 0 Å². The molecule has 0 atom stereocenters. The summed E-state index contributed by atoms with van der Waals surface area (Å²) in [5.41, 5.74) is 2.73. The van der Waals surface area contributed by atoms with Crippen LogP contribution >= 0.6 is 24.0 Å². The average molecular weight is 484 g/mol. The molecular formula is C19H29IN6O. The minimum absolute atomic E-state index is 0. The molecule has 0 fully saturated rings. The number of carbonyl (C=O) groups excluding carboxylic acids is 1. The van der Waals surface area contributed by atoms with E-state index in [9.17, 15) is 4.79 Å². The summed E-state index contributed by atoms with van der Waals surface area (Å²) in [6, 6.07) is 9.55. The molecule has 1 aromatic heterocycles. The van der Waals surface area contributed by atoms with Gasteiger partial charge in [0.1, 0.15) is 0 Å². The highest BCUT2D eigenvalue weighted by Crippen LogP contribution is 2.07. The molecule has 0 spiro atoms. The molecule has 1 amide bonds. The van der Waals surface area contributed by atoms with E-state index in [1.54, 1.807) is 6.20 Å². The van der Waals surface area contributed by atoms with Gasteiger partial charge in [-0.3, -0.25) is 9.48 Å². The van der Waals surface area contributed by atoms with Crippen molar-refractivity contribution in [3.63, 3.8) is 0 Å². The monoisotopic (exact) mass is 484 g/mol. The van der Waals surface area contributed by atoms with Gasteiger partial charge in [0.05, 0.1) is 18.8 Å². The molecule has 0 aliphatic heterocycles. The predicted molar refractivity (Wildman–Crippen MR) is 119 cm³/mol. The molecule has 2 aromatic rings. The maximum absolute atomic E-state index is 12.1. The summed E-state index contributed by atoms with van der Waals surface area (Å²) in [6.07, 6.45) is 2.69. The van der Waals surface area contributed by atoms with Crippen LogP contribution in [0, 0.1) is 0 Å². The van der Waals surface area contributed by atoms with Crippen molar-refractivity contribution in [2.24, 2.45) is 12.0 Å². The fraction of sp³-hybridized carbons (Fsp3) is 0.421. The normalized spacial score (nSPS) is 10.9. The molecule has 0 unspecified atom stereocenters. The Morgan fingerprint density at radius 3 is 2.67 bits per heavy atom. The fourth-order valence-corrected chi connectivity index (χ4v) is 2.41. The summed E-state index contributed by atoms with van der Waals surface area (Å²) >= 11 is 0. The van der Waals surface area contributed by atoms with E-state index in [1.807, 2.05) is 55.9 Å². The van der Waals surface area contributed by atoms with Crippen LogP contribution in [-0.2, 0) is 20.1 Å². The Bertz CT molecular complexity index is 743. The highest BCUT2D eigenvalue weighted by atomic mass is 127. The number of halogens is 1. The van der Waals surface area contributed by atoms with Crippen molar-refractivity contribution < 1.29 is 4.79 Å². The lowest BCUT2D eigenvalue weighted by Gasteiger charge is -2.11. The summed E-state index contributed by atoms with van der Waals surface area (Å²) in [7, 11) is 1.91. The van der Waals surface area contributed by atoms with Crippen molar-refractivity contribution in [2.75, 3.05) is 13.1 Å². The molecule has 148 valence electrons. The number of guanidine groups is 1. The van der Waals surface area contributed by atoms with Crippen LogP contribution in [0.1, 0.15) is 41.9 Å². The maximum Gasteiger partial charge on any atom is 0.251 e. The molecule has 0 saturated heterocycles. The standard InChI is InChI=1S/C19H28N6O.HI/c1-4-10-21-18(26)16-8-6-7-15(12-16)13-22-19(20-5-2)23-14-17-9-11-24-25(17)3;/h6-9,11-12H,4-5,10,13-14H2,1-3H3,(H,21,26)(H2,20,22,23);1H. The van der Waals surface area contributed by atoms with Crippen molar-refractivity contribution in [1.29, 1.82) is 0 Å². The topological polar surface area (TPSA) is 83.3 Å². The quantitative estimate of drug-likeness (QED) is 0.306. The molecule has 0 aliphatic carbocycles. The molecule has 7 nitrogen and oxygen atoms in total. The average Bonchev–Trinajstić information content (AvgIpc) is 3.07. The van der Waals surface area contributed by atoms with Gasteiger partial charge < -0.3 is 16.0 Å². The molecular weight excluding hydrogens is 455 g/mol. The van der Waals surface area contributed by atoms with E-state index >= 15 is 0 Å². The van der Waals surface area contributed by atoms with Crippen LogP contribution in [-0.4, -0.2) is 34.7 Å². The second-order valence-corrected chi connectivity index (χ2v) is 5.95. The Labute approximate surface area is 178 Å². The SMILES string of the molecule is CCCNC(=O)c1cccc(CN=C(NCC)NCc2ccnn2C)c1.I. The number of nitrogens with zero attached hydrogens (tertiary/aromatic N) is 3. The first-order chi connectivity index (χ1) is 12.6. The smallest absolute Gasteiger partial charge is 0.251 e. The third kappa shape index (κ3) is 7.58. The van der Waals surface area contributed by atoms with Crippen molar-refractivity contribution in [2.45, 2.75) is 33.4 Å². The number of amides is 1. The molecule has 0 saturated carbocycles. The van der Waals surface area contributed by atoms with E-state index in [-0.39, 0.29) is 29.9 Å². The highest BCUT2D eigenvalue weighted by molar-refractivity contribution is 14.0. The number of carbonyl (C=O) groups is 1. The van der Waals surface area contributed by atoms with Crippen molar-refractivity contribution in [3.8, 4) is 0 Å². The number of nitrogens with one attached hydrogen (secondary N) is 3. The van der Waals surface area contributed by atoms with Crippen LogP contribution in [0.15, 0.2) is 41.5 Å². The van der Waals surface area contributed by atoms with Crippen LogP contribution < -0.4 is 16.0 Å². The lowest BCUT2D eigenvalue weighted by Crippen LogP contribution is -2.37. The predicted octanol–water partition coefficient (Wildman–Crippen LogP) is 2.43. The highest BCUT2D eigenvalue weighted by Gasteiger charge is 2.06. The third-order valence-corrected chi connectivity index (χ3v) is 3.85. The Morgan fingerprint density at radius 1 is 1.19 bits per heavy atom. The summed E-state index contributed by atoms with van der Waals surface area (Å²) in [5.74, 6) is 0.688. The fourth-order valence-electron chi connectivity index (χ4n) is 2.41. The molecule has 0 aliphatic rings. The third-order valence-electron chi connectivity index (χ3n) is 3.85. The van der Waals surface area contributed by atoms with E-state index < -0.39 is 0 Å².